The van der Waals surface area contributed by atoms with Gasteiger partial charge in [-0.1, -0.05) is 6.92 Å². The molecule has 2 unspecified atom stereocenters. The van der Waals surface area contributed by atoms with Crippen molar-refractivity contribution in [1.82, 2.24) is 16.0 Å². The maximum Gasteiger partial charge on any atom is 0.242 e. The summed E-state index contributed by atoms with van der Waals surface area (Å²) in [6, 6.07) is -0.872. The van der Waals surface area contributed by atoms with Gasteiger partial charge in [0.1, 0.15) is 12.1 Å². The first-order chi connectivity index (χ1) is 8.15. The number of hydrogen-bond donors (Lipinski definition) is 3. The van der Waals surface area contributed by atoms with Crippen LogP contribution in [0.4, 0.5) is 0 Å². The van der Waals surface area contributed by atoms with Crippen LogP contribution >= 0.6 is 0 Å². The third-order valence-corrected chi connectivity index (χ3v) is 2.54. The van der Waals surface area contributed by atoms with Crippen LogP contribution in [0.1, 0.15) is 20.3 Å². The highest BCUT2D eigenvalue weighted by atomic mass is 16.5. The van der Waals surface area contributed by atoms with E-state index in [2.05, 4.69) is 16.0 Å². The fourth-order valence-corrected chi connectivity index (χ4v) is 1.51. The van der Waals surface area contributed by atoms with Gasteiger partial charge in [-0.2, -0.15) is 0 Å². The molecular formula is C11H21N3O3. The molecule has 1 rings (SSSR count). The predicted octanol–water partition coefficient (Wildman–Crippen LogP) is -0.994. The van der Waals surface area contributed by atoms with Gasteiger partial charge in [-0.3, -0.25) is 9.59 Å². The highest BCUT2D eigenvalue weighted by molar-refractivity contribution is 5.89. The van der Waals surface area contributed by atoms with Gasteiger partial charge in [-0.25, -0.2) is 0 Å². The topological polar surface area (TPSA) is 79.5 Å². The Balaban J connectivity index is 2.31. The van der Waals surface area contributed by atoms with Crippen LogP contribution in [0.15, 0.2) is 0 Å². The Morgan fingerprint density at radius 1 is 1.53 bits per heavy atom. The Labute approximate surface area is 101 Å². The second-order valence-corrected chi connectivity index (χ2v) is 4.10. The van der Waals surface area contributed by atoms with Crippen molar-refractivity contribution in [3.63, 3.8) is 0 Å². The van der Waals surface area contributed by atoms with E-state index in [-0.39, 0.29) is 17.9 Å². The number of hydrogen-bond acceptors (Lipinski definition) is 4. The zero-order chi connectivity index (χ0) is 12.7. The smallest absolute Gasteiger partial charge is 0.242 e. The normalized spacial score (nSPS) is 21.6. The summed E-state index contributed by atoms with van der Waals surface area (Å²) in [5, 5.41) is 8.44. The first-order valence-corrected chi connectivity index (χ1v) is 6.04. The summed E-state index contributed by atoms with van der Waals surface area (Å²) >= 11 is 0. The number of ether oxygens (including phenoxy) is 1. The molecule has 2 atom stereocenters. The minimum Gasteiger partial charge on any atom is -0.378 e. The molecule has 1 fully saturated rings. The van der Waals surface area contributed by atoms with Crippen molar-refractivity contribution < 1.29 is 14.3 Å². The van der Waals surface area contributed by atoms with E-state index in [9.17, 15) is 9.59 Å². The molecule has 0 radical (unpaired) electrons. The number of nitrogens with one attached hydrogen (secondary N) is 3. The molecule has 0 aromatic carbocycles. The van der Waals surface area contributed by atoms with E-state index in [0.29, 0.717) is 26.3 Å². The Kier molecular flexibility index (Phi) is 5.93. The predicted molar refractivity (Wildman–Crippen MR) is 63.5 cm³/mol. The molecule has 0 saturated carbocycles. The molecule has 1 aliphatic heterocycles. The molecule has 2 amide bonds. The van der Waals surface area contributed by atoms with Gasteiger partial charge in [0.05, 0.1) is 13.2 Å². The van der Waals surface area contributed by atoms with Crippen molar-refractivity contribution in [2.45, 2.75) is 32.4 Å². The molecular weight excluding hydrogens is 222 g/mol. The quantitative estimate of drug-likeness (QED) is 0.579. The van der Waals surface area contributed by atoms with Crippen molar-refractivity contribution in [2.75, 3.05) is 26.3 Å². The van der Waals surface area contributed by atoms with Crippen molar-refractivity contribution in [2.24, 2.45) is 0 Å². The molecule has 0 bridgehead atoms. The second-order valence-electron chi connectivity index (χ2n) is 4.10. The van der Waals surface area contributed by atoms with Gasteiger partial charge in [0.25, 0.3) is 0 Å². The van der Waals surface area contributed by atoms with E-state index >= 15 is 0 Å². The minimum atomic E-state index is -0.516. The fourth-order valence-electron chi connectivity index (χ4n) is 1.51. The number of morpholine rings is 1. The molecule has 1 saturated heterocycles. The maximum atomic E-state index is 11.8. The Bertz CT molecular complexity index is 265. The molecule has 0 aromatic heterocycles. The van der Waals surface area contributed by atoms with Crippen LogP contribution < -0.4 is 16.0 Å². The molecule has 6 heteroatoms. The summed E-state index contributed by atoms with van der Waals surface area (Å²) in [6.07, 6.45) is 0.879. The molecule has 98 valence electrons. The van der Waals surface area contributed by atoms with Gasteiger partial charge in [0.2, 0.25) is 11.8 Å². The second kappa shape index (κ2) is 7.24. The average Bonchev–Trinajstić information content (AvgIpc) is 2.36. The minimum absolute atomic E-state index is 0.156. The number of amides is 2. The molecule has 0 aliphatic carbocycles. The highest BCUT2D eigenvalue weighted by Crippen LogP contribution is 1.94. The fraction of sp³-hybridized carbons (Fsp3) is 0.818. The third kappa shape index (κ3) is 4.70. The van der Waals surface area contributed by atoms with Crippen LogP contribution in [0.25, 0.3) is 0 Å². The van der Waals surface area contributed by atoms with Gasteiger partial charge in [-0.15, -0.1) is 0 Å². The lowest BCUT2D eigenvalue weighted by Crippen LogP contribution is -2.55. The summed E-state index contributed by atoms with van der Waals surface area (Å²) in [5.74, 6) is -0.347. The van der Waals surface area contributed by atoms with Crippen molar-refractivity contribution in [3.8, 4) is 0 Å². The van der Waals surface area contributed by atoms with Crippen LogP contribution in [0, 0.1) is 0 Å². The lowest BCUT2D eigenvalue weighted by atomic mass is 10.2. The van der Waals surface area contributed by atoms with E-state index in [1.54, 1.807) is 6.92 Å². The summed E-state index contributed by atoms with van der Waals surface area (Å²) in [5.41, 5.74) is 0. The molecule has 1 heterocycles. The Morgan fingerprint density at radius 2 is 2.29 bits per heavy atom. The lowest BCUT2D eigenvalue weighted by Gasteiger charge is -2.24. The molecule has 3 N–H and O–H groups in total. The highest BCUT2D eigenvalue weighted by Gasteiger charge is 2.24. The van der Waals surface area contributed by atoms with E-state index < -0.39 is 6.04 Å². The third-order valence-electron chi connectivity index (χ3n) is 2.54. The average molecular weight is 243 g/mol. The van der Waals surface area contributed by atoms with E-state index in [1.165, 1.54) is 0 Å². The first kappa shape index (κ1) is 13.9. The summed E-state index contributed by atoms with van der Waals surface area (Å²) in [6.45, 7) is 5.92. The Morgan fingerprint density at radius 3 is 2.88 bits per heavy atom. The zero-order valence-electron chi connectivity index (χ0n) is 10.4. The van der Waals surface area contributed by atoms with Gasteiger partial charge in [-0.05, 0) is 13.3 Å². The molecule has 0 aromatic rings. The van der Waals surface area contributed by atoms with Gasteiger partial charge < -0.3 is 20.7 Å². The van der Waals surface area contributed by atoms with Gasteiger partial charge in [0, 0.05) is 13.1 Å². The summed E-state index contributed by atoms with van der Waals surface area (Å²) in [4.78, 5) is 23.3. The summed E-state index contributed by atoms with van der Waals surface area (Å²) < 4.78 is 5.19. The molecule has 1 aliphatic rings. The standard InChI is InChI=1S/C11H21N3O3/c1-3-4-13-10(15)8(2)14-11(16)9-7-17-6-5-12-9/h8-9,12H,3-7H2,1-2H3,(H,13,15)(H,14,16). The first-order valence-electron chi connectivity index (χ1n) is 6.04. The summed E-state index contributed by atoms with van der Waals surface area (Å²) in [7, 11) is 0. The molecule has 6 nitrogen and oxygen atoms in total. The largest absolute Gasteiger partial charge is 0.378 e. The van der Waals surface area contributed by atoms with Crippen molar-refractivity contribution >= 4 is 11.8 Å². The van der Waals surface area contributed by atoms with Gasteiger partial charge >= 0.3 is 0 Å². The van der Waals surface area contributed by atoms with E-state index in [4.69, 9.17) is 4.74 Å². The number of carbonyl (C=O) groups is 2. The monoisotopic (exact) mass is 243 g/mol. The van der Waals surface area contributed by atoms with Crippen LogP contribution in [0.5, 0.6) is 0 Å². The van der Waals surface area contributed by atoms with Crippen LogP contribution in [0.3, 0.4) is 0 Å². The van der Waals surface area contributed by atoms with E-state index in [1.807, 2.05) is 6.92 Å². The van der Waals surface area contributed by atoms with Crippen LogP contribution in [0.2, 0.25) is 0 Å². The SMILES string of the molecule is CCCNC(=O)C(C)NC(=O)C1COCCN1. The Hall–Kier alpha value is -1.14. The number of carbonyl (C=O) groups excluding carboxylic acids is 2. The lowest BCUT2D eigenvalue weighted by molar-refractivity contribution is -0.131. The molecule has 17 heavy (non-hydrogen) atoms. The van der Waals surface area contributed by atoms with E-state index in [0.717, 1.165) is 6.42 Å². The van der Waals surface area contributed by atoms with Crippen LogP contribution in [-0.4, -0.2) is 50.2 Å². The number of rotatable bonds is 5. The maximum absolute atomic E-state index is 11.8. The molecule has 0 spiro atoms. The van der Waals surface area contributed by atoms with Crippen molar-refractivity contribution in [3.05, 3.63) is 0 Å². The van der Waals surface area contributed by atoms with Gasteiger partial charge in [0.15, 0.2) is 0 Å². The zero-order valence-corrected chi connectivity index (χ0v) is 10.4. The van der Waals surface area contributed by atoms with Crippen molar-refractivity contribution in [1.29, 1.82) is 0 Å². The van der Waals surface area contributed by atoms with Crippen LogP contribution in [-0.2, 0) is 14.3 Å².